The molecular weight excluding hydrogens is 254 g/mol. The average molecular weight is 267 g/mol. The molecule has 0 amide bonds. The van der Waals surface area contributed by atoms with Crippen LogP contribution in [0.5, 0.6) is 0 Å². The minimum absolute atomic E-state index is 0.00837. The maximum absolute atomic E-state index is 10.8. The summed E-state index contributed by atoms with van der Waals surface area (Å²) in [6.45, 7) is -0.266. The van der Waals surface area contributed by atoms with Crippen LogP contribution in [0.4, 0.5) is 5.69 Å². The topological polar surface area (TPSA) is 133 Å². The Labute approximate surface area is 107 Å². The van der Waals surface area contributed by atoms with Gasteiger partial charge in [0, 0.05) is 18.4 Å². The molecule has 0 saturated heterocycles. The van der Waals surface area contributed by atoms with E-state index in [9.17, 15) is 20.3 Å². The van der Waals surface area contributed by atoms with Crippen LogP contribution in [0.2, 0.25) is 0 Å². The van der Waals surface area contributed by atoms with Crippen LogP contribution in [0.1, 0.15) is 18.1 Å². The zero-order valence-corrected chi connectivity index (χ0v) is 9.85. The molecule has 2 aromatic rings. The summed E-state index contributed by atoms with van der Waals surface area (Å²) in [4.78, 5) is 16.9. The predicted molar refractivity (Wildman–Crippen MR) is 65.4 cm³/mol. The van der Waals surface area contributed by atoms with Crippen molar-refractivity contribution in [1.82, 2.24) is 9.97 Å². The van der Waals surface area contributed by atoms with Crippen LogP contribution < -0.4 is 0 Å². The molecule has 4 N–H and O–H groups in total. The summed E-state index contributed by atoms with van der Waals surface area (Å²) in [5, 5.41) is 39.2. The molecule has 19 heavy (non-hydrogen) atoms. The van der Waals surface area contributed by atoms with Crippen molar-refractivity contribution in [2.75, 3.05) is 6.61 Å². The number of aliphatic hydroxyl groups excluding tert-OH is 3. The lowest BCUT2D eigenvalue weighted by Gasteiger charge is -2.16. The van der Waals surface area contributed by atoms with Crippen molar-refractivity contribution in [1.29, 1.82) is 0 Å². The van der Waals surface area contributed by atoms with Gasteiger partial charge in [0.1, 0.15) is 11.8 Å². The van der Waals surface area contributed by atoms with Gasteiger partial charge in [0.2, 0.25) is 0 Å². The van der Waals surface area contributed by atoms with Crippen LogP contribution >= 0.6 is 0 Å². The third-order valence-corrected chi connectivity index (χ3v) is 2.86. The molecule has 0 aliphatic heterocycles. The second-order valence-electron chi connectivity index (χ2n) is 4.12. The molecule has 0 spiro atoms. The van der Waals surface area contributed by atoms with Crippen LogP contribution in [0.15, 0.2) is 18.5 Å². The zero-order valence-electron chi connectivity index (χ0n) is 9.85. The number of aliphatic hydroxyl groups is 3. The third kappa shape index (κ3) is 2.55. The van der Waals surface area contributed by atoms with E-state index >= 15 is 0 Å². The third-order valence-electron chi connectivity index (χ3n) is 2.86. The van der Waals surface area contributed by atoms with Gasteiger partial charge in [0.25, 0.3) is 5.69 Å². The number of aromatic amines is 1. The lowest BCUT2D eigenvalue weighted by molar-refractivity contribution is -0.383. The van der Waals surface area contributed by atoms with Crippen molar-refractivity contribution in [3.8, 4) is 0 Å². The summed E-state index contributed by atoms with van der Waals surface area (Å²) in [5.74, 6) is 0. The molecular formula is C11H13N3O5. The zero-order chi connectivity index (χ0) is 14.0. The van der Waals surface area contributed by atoms with E-state index in [1.165, 1.54) is 18.5 Å². The lowest BCUT2D eigenvalue weighted by atomic mass is 10.0. The van der Waals surface area contributed by atoms with Crippen molar-refractivity contribution >= 4 is 16.7 Å². The van der Waals surface area contributed by atoms with Gasteiger partial charge in [-0.1, -0.05) is 0 Å². The first-order chi connectivity index (χ1) is 9.04. The number of pyridine rings is 1. The average Bonchev–Trinajstić information content (AvgIpc) is 2.80. The molecule has 2 atom stereocenters. The van der Waals surface area contributed by atoms with Crippen molar-refractivity contribution in [2.24, 2.45) is 0 Å². The Morgan fingerprint density at radius 3 is 2.84 bits per heavy atom. The first-order valence-electron chi connectivity index (χ1n) is 5.63. The molecule has 2 rings (SSSR count). The van der Waals surface area contributed by atoms with Crippen molar-refractivity contribution in [3.05, 3.63) is 34.1 Å². The van der Waals surface area contributed by atoms with Crippen LogP contribution in [0, 0.1) is 10.1 Å². The van der Waals surface area contributed by atoms with Crippen LogP contribution in [0.3, 0.4) is 0 Å². The van der Waals surface area contributed by atoms with E-state index in [1.807, 2.05) is 0 Å². The molecule has 0 radical (unpaired) electrons. The minimum Gasteiger partial charge on any atom is -0.396 e. The van der Waals surface area contributed by atoms with Gasteiger partial charge in [-0.2, -0.15) is 0 Å². The molecule has 8 heteroatoms. The van der Waals surface area contributed by atoms with E-state index in [0.717, 1.165) is 0 Å². The molecule has 2 unspecified atom stereocenters. The van der Waals surface area contributed by atoms with Crippen LogP contribution in [0.25, 0.3) is 11.0 Å². The number of H-pyrrole nitrogens is 1. The monoisotopic (exact) mass is 267 g/mol. The maximum Gasteiger partial charge on any atom is 0.296 e. The van der Waals surface area contributed by atoms with Gasteiger partial charge in [0.15, 0.2) is 0 Å². The number of fused-ring (bicyclic) bond motifs is 1. The number of hydrogen-bond donors (Lipinski definition) is 4. The Hall–Kier alpha value is -2.03. The summed E-state index contributed by atoms with van der Waals surface area (Å²) in [6, 6.07) is 1.40. The number of nitro groups is 1. The van der Waals surface area contributed by atoms with E-state index in [2.05, 4.69) is 9.97 Å². The van der Waals surface area contributed by atoms with E-state index in [4.69, 9.17) is 5.11 Å². The largest absolute Gasteiger partial charge is 0.396 e. The summed E-state index contributed by atoms with van der Waals surface area (Å²) in [6.07, 6.45) is 0.154. The van der Waals surface area contributed by atoms with Gasteiger partial charge in [0.05, 0.1) is 22.6 Å². The minimum atomic E-state index is -1.25. The molecule has 0 fully saturated rings. The smallest absolute Gasteiger partial charge is 0.296 e. The first-order valence-corrected chi connectivity index (χ1v) is 5.63. The highest BCUT2D eigenvalue weighted by atomic mass is 16.6. The van der Waals surface area contributed by atoms with Crippen LogP contribution in [-0.2, 0) is 0 Å². The molecule has 0 aliphatic rings. The molecule has 2 heterocycles. The summed E-state index contributed by atoms with van der Waals surface area (Å²) in [5.41, 5.74) is 0.448. The molecule has 0 saturated carbocycles. The Morgan fingerprint density at radius 1 is 1.47 bits per heavy atom. The fourth-order valence-electron chi connectivity index (χ4n) is 1.83. The highest BCUT2D eigenvalue weighted by Crippen LogP contribution is 2.27. The van der Waals surface area contributed by atoms with Gasteiger partial charge >= 0.3 is 0 Å². The number of nitrogens with one attached hydrogen (secondary N) is 1. The number of rotatable bonds is 5. The fraction of sp³-hybridized carbons (Fsp3) is 0.364. The second-order valence-corrected chi connectivity index (χ2v) is 4.12. The summed E-state index contributed by atoms with van der Waals surface area (Å²) in [7, 11) is 0. The van der Waals surface area contributed by atoms with Crippen molar-refractivity contribution < 1.29 is 20.2 Å². The molecule has 2 aromatic heterocycles. The second kappa shape index (κ2) is 5.31. The lowest BCUT2D eigenvalue weighted by Crippen LogP contribution is -2.19. The van der Waals surface area contributed by atoms with Gasteiger partial charge in [-0.05, 0) is 12.5 Å². The summed E-state index contributed by atoms with van der Waals surface area (Å²) < 4.78 is 0. The van der Waals surface area contributed by atoms with E-state index < -0.39 is 17.1 Å². The fourth-order valence-corrected chi connectivity index (χ4v) is 1.83. The Morgan fingerprint density at radius 2 is 2.21 bits per heavy atom. The number of nitrogens with zero attached hydrogens (tertiary/aromatic N) is 2. The van der Waals surface area contributed by atoms with E-state index in [-0.39, 0.29) is 29.7 Å². The molecule has 0 aliphatic carbocycles. The van der Waals surface area contributed by atoms with Gasteiger partial charge < -0.3 is 20.3 Å². The van der Waals surface area contributed by atoms with Gasteiger partial charge in [-0.15, -0.1) is 0 Å². The van der Waals surface area contributed by atoms with Crippen LogP contribution in [-0.4, -0.2) is 42.9 Å². The van der Waals surface area contributed by atoms with Crippen molar-refractivity contribution in [2.45, 2.75) is 18.6 Å². The highest BCUT2D eigenvalue weighted by molar-refractivity contribution is 5.86. The van der Waals surface area contributed by atoms with E-state index in [1.54, 1.807) is 0 Å². The normalized spacial score (nSPS) is 14.5. The van der Waals surface area contributed by atoms with E-state index in [0.29, 0.717) is 5.65 Å². The number of hydrogen-bond acceptors (Lipinski definition) is 6. The Kier molecular flexibility index (Phi) is 3.74. The van der Waals surface area contributed by atoms with Gasteiger partial charge in [-0.25, -0.2) is 4.98 Å². The summed E-state index contributed by atoms with van der Waals surface area (Å²) >= 11 is 0. The molecule has 0 bridgehead atoms. The Bertz CT molecular complexity index is 597. The molecule has 0 aromatic carbocycles. The highest BCUT2D eigenvalue weighted by Gasteiger charge is 2.21. The quantitative estimate of drug-likeness (QED) is 0.453. The first kappa shape index (κ1) is 13.4. The molecule has 8 nitrogen and oxygen atoms in total. The maximum atomic E-state index is 10.8. The van der Waals surface area contributed by atoms with Crippen molar-refractivity contribution in [3.63, 3.8) is 0 Å². The Balaban J connectivity index is 2.39. The standard InChI is InChI=1S/C11H13N3O5/c15-2-1-9(16)10(17)6-3-7-8(14(18)19)5-13-11(7)12-4-6/h3-5,9-10,15-17H,1-2H2,(H,12,13). The number of aromatic nitrogens is 2. The SMILES string of the molecule is O=[N+]([O-])c1c[nH]c2ncc(C(O)C(O)CCO)cc12. The predicted octanol–water partition coefficient (Wildman–Crippen LogP) is 0.248. The molecule has 102 valence electrons. The van der Waals surface area contributed by atoms with Gasteiger partial charge in [-0.3, -0.25) is 10.1 Å².